The molecule has 0 unspecified atom stereocenters. The molecule has 0 amide bonds. The van der Waals surface area contributed by atoms with Crippen LogP contribution in [0.3, 0.4) is 0 Å². The molecule has 0 bridgehead atoms. The van der Waals surface area contributed by atoms with Crippen LogP contribution in [0, 0.1) is 11.3 Å². The molecule has 0 N–H and O–H groups in total. The summed E-state index contributed by atoms with van der Waals surface area (Å²) in [6.07, 6.45) is 2.83. The molecule has 124 valence electrons. The van der Waals surface area contributed by atoms with Crippen molar-refractivity contribution >= 4 is 11.9 Å². The Morgan fingerprint density at radius 1 is 0.857 bits per heavy atom. The molecule has 0 fully saturated rings. The lowest BCUT2D eigenvalue weighted by molar-refractivity contribution is -0.181. The smallest absolute Gasteiger partial charge is 0.324 e. The van der Waals surface area contributed by atoms with E-state index in [1.165, 1.54) is 0 Å². The van der Waals surface area contributed by atoms with Gasteiger partial charge in [0.25, 0.3) is 0 Å². The summed E-state index contributed by atoms with van der Waals surface area (Å²) in [4.78, 5) is 25.2. The Balaban J connectivity index is 5.42. The van der Waals surface area contributed by atoms with Gasteiger partial charge in [-0.05, 0) is 40.0 Å². The zero-order chi connectivity index (χ0) is 16.6. The van der Waals surface area contributed by atoms with Crippen molar-refractivity contribution in [1.29, 1.82) is 0 Å². The predicted molar refractivity (Wildman–Crippen MR) is 83.9 cm³/mol. The SMILES string of the molecule is CCCCCC(C(=O)OC(C)C)(C(=O)OC(C)C)C(C)C. The largest absolute Gasteiger partial charge is 0.462 e. The average Bonchev–Trinajstić information content (AvgIpc) is 2.32. The van der Waals surface area contributed by atoms with Crippen molar-refractivity contribution in [3.8, 4) is 0 Å². The Morgan fingerprint density at radius 2 is 1.29 bits per heavy atom. The summed E-state index contributed by atoms with van der Waals surface area (Å²) in [7, 11) is 0. The molecule has 0 atom stereocenters. The molecule has 0 aliphatic heterocycles. The van der Waals surface area contributed by atoms with E-state index in [9.17, 15) is 9.59 Å². The molecule has 0 spiro atoms. The number of carbonyl (C=O) groups excluding carboxylic acids is 2. The van der Waals surface area contributed by atoms with Gasteiger partial charge in [-0.2, -0.15) is 0 Å². The average molecular weight is 300 g/mol. The molecule has 0 heterocycles. The third-order valence-electron chi connectivity index (χ3n) is 3.57. The van der Waals surface area contributed by atoms with Crippen LogP contribution in [0.1, 0.15) is 74.1 Å². The maximum absolute atomic E-state index is 12.6. The van der Waals surface area contributed by atoms with Gasteiger partial charge in [-0.15, -0.1) is 0 Å². The van der Waals surface area contributed by atoms with Crippen molar-refractivity contribution < 1.29 is 19.1 Å². The molecule has 21 heavy (non-hydrogen) atoms. The quantitative estimate of drug-likeness (QED) is 0.365. The molecule has 0 saturated heterocycles. The van der Waals surface area contributed by atoms with Gasteiger partial charge in [-0.3, -0.25) is 9.59 Å². The number of esters is 2. The molecule has 0 aromatic carbocycles. The molecule has 0 radical (unpaired) electrons. The Hall–Kier alpha value is -1.06. The van der Waals surface area contributed by atoms with Crippen molar-refractivity contribution in [3.63, 3.8) is 0 Å². The fourth-order valence-corrected chi connectivity index (χ4v) is 2.34. The number of carbonyl (C=O) groups is 2. The van der Waals surface area contributed by atoms with Crippen molar-refractivity contribution in [1.82, 2.24) is 0 Å². The van der Waals surface area contributed by atoms with Crippen LogP contribution in [0.25, 0.3) is 0 Å². The predicted octanol–water partition coefficient (Wildman–Crippen LogP) is 4.11. The van der Waals surface area contributed by atoms with E-state index in [0.717, 1.165) is 19.3 Å². The van der Waals surface area contributed by atoms with Gasteiger partial charge in [-0.25, -0.2) is 0 Å². The fraction of sp³-hybridized carbons (Fsp3) is 0.882. The monoisotopic (exact) mass is 300 g/mol. The van der Waals surface area contributed by atoms with E-state index < -0.39 is 17.4 Å². The van der Waals surface area contributed by atoms with Crippen LogP contribution in [-0.4, -0.2) is 24.1 Å². The van der Waals surface area contributed by atoms with Gasteiger partial charge < -0.3 is 9.47 Å². The van der Waals surface area contributed by atoms with Crippen LogP contribution in [0.5, 0.6) is 0 Å². The molecule has 0 aliphatic carbocycles. The third-order valence-corrected chi connectivity index (χ3v) is 3.57. The van der Waals surface area contributed by atoms with E-state index in [-0.39, 0.29) is 18.1 Å². The highest BCUT2D eigenvalue weighted by Crippen LogP contribution is 2.37. The molecule has 0 aromatic rings. The van der Waals surface area contributed by atoms with Gasteiger partial charge in [0.2, 0.25) is 0 Å². The van der Waals surface area contributed by atoms with Gasteiger partial charge in [0.15, 0.2) is 5.41 Å². The Labute approximate surface area is 129 Å². The van der Waals surface area contributed by atoms with Crippen LogP contribution in [0.15, 0.2) is 0 Å². The van der Waals surface area contributed by atoms with E-state index >= 15 is 0 Å². The zero-order valence-electron chi connectivity index (χ0n) is 14.7. The molecule has 4 nitrogen and oxygen atoms in total. The second-order valence-electron chi connectivity index (χ2n) is 6.49. The van der Waals surface area contributed by atoms with Crippen LogP contribution in [0.4, 0.5) is 0 Å². The summed E-state index contributed by atoms with van der Waals surface area (Å²) >= 11 is 0. The summed E-state index contributed by atoms with van der Waals surface area (Å²) in [5.41, 5.74) is -1.19. The third kappa shape index (κ3) is 5.68. The van der Waals surface area contributed by atoms with Crippen LogP contribution >= 0.6 is 0 Å². The van der Waals surface area contributed by atoms with Gasteiger partial charge in [0, 0.05) is 0 Å². The minimum atomic E-state index is -1.19. The first-order chi connectivity index (χ1) is 9.68. The van der Waals surface area contributed by atoms with Gasteiger partial charge in [0.1, 0.15) is 0 Å². The topological polar surface area (TPSA) is 52.6 Å². The highest BCUT2D eigenvalue weighted by molar-refractivity contribution is 6.00. The summed E-state index contributed by atoms with van der Waals surface area (Å²) in [5, 5.41) is 0. The zero-order valence-corrected chi connectivity index (χ0v) is 14.7. The number of unbranched alkanes of at least 4 members (excludes halogenated alkanes) is 2. The highest BCUT2D eigenvalue weighted by atomic mass is 16.6. The van der Waals surface area contributed by atoms with Crippen molar-refractivity contribution in [3.05, 3.63) is 0 Å². The molecular weight excluding hydrogens is 268 g/mol. The summed E-state index contributed by atoms with van der Waals surface area (Å²) in [6.45, 7) is 13.0. The molecule has 0 saturated carbocycles. The first-order valence-electron chi connectivity index (χ1n) is 8.10. The molecular formula is C17H32O4. The molecule has 0 aromatic heterocycles. The molecule has 0 rings (SSSR count). The standard InChI is InChI=1S/C17H32O4/c1-8-9-10-11-17(12(2)3,15(18)20-13(4)5)16(19)21-14(6)7/h12-14H,8-11H2,1-7H3. The van der Waals surface area contributed by atoms with Crippen molar-refractivity contribution in [2.24, 2.45) is 11.3 Å². The Kier molecular flexibility index (Phi) is 8.60. The Bertz CT molecular complexity index is 310. The van der Waals surface area contributed by atoms with Gasteiger partial charge in [0.05, 0.1) is 12.2 Å². The number of ether oxygens (including phenoxy) is 2. The summed E-state index contributed by atoms with van der Waals surface area (Å²) in [6, 6.07) is 0. The molecule has 4 heteroatoms. The number of hydrogen-bond donors (Lipinski definition) is 0. The molecule has 0 aliphatic rings. The first-order valence-corrected chi connectivity index (χ1v) is 8.10. The summed E-state index contributed by atoms with van der Waals surface area (Å²) < 4.78 is 10.7. The summed E-state index contributed by atoms with van der Waals surface area (Å²) in [5.74, 6) is -1.06. The van der Waals surface area contributed by atoms with E-state index in [4.69, 9.17) is 9.47 Å². The van der Waals surface area contributed by atoms with E-state index in [1.54, 1.807) is 27.7 Å². The van der Waals surface area contributed by atoms with E-state index in [0.29, 0.717) is 6.42 Å². The van der Waals surface area contributed by atoms with Gasteiger partial charge >= 0.3 is 11.9 Å². The number of hydrogen-bond acceptors (Lipinski definition) is 4. The lowest BCUT2D eigenvalue weighted by Crippen LogP contribution is -2.47. The maximum Gasteiger partial charge on any atom is 0.324 e. The minimum absolute atomic E-state index is 0.160. The highest BCUT2D eigenvalue weighted by Gasteiger charge is 2.51. The fourth-order valence-electron chi connectivity index (χ4n) is 2.34. The second-order valence-corrected chi connectivity index (χ2v) is 6.49. The minimum Gasteiger partial charge on any atom is -0.462 e. The van der Waals surface area contributed by atoms with Crippen LogP contribution in [-0.2, 0) is 19.1 Å². The second kappa shape index (κ2) is 9.06. The van der Waals surface area contributed by atoms with Crippen LogP contribution < -0.4 is 0 Å². The van der Waals surface area contributed by atoms with Crippen molar-refractivity contribution in [2.45, 2.75) is 86.4 Å². The number of rotatable bonds is 9. The normalized spacial score (nSPS) is 12.1. The maximum atomic E-state index is 12.6. The lowest BCUT2D eigenvalue weighted by Gasteiger charge is -2.34. The first kappa shape index (κ1) is 19.9. The lowest BCUT2D eigenvalue weighted by atomic mass is 9.73. The Morgan fingerprint density at radius 3 is 1.57 bits per heavy atom. The van der Waals surface area contributed by atoms with Crippen LogP contribution in [0.2, 0.25) is 0 Å². The van der Waals surface area contributed by atoms with Gasteiger partial charge in [-0.1, -0.05) is 40.0 Å². The van der Waals surface area contributed by atoms with Crippen molar-refractivity contribution in [2.75, 3.05) is 0 Å². The van der Waals surface area contributed by atoms with E-state index in [2.05, 4.69) is 6.92 Å². The van der Waals surface area contributed by atoms with E-state index in [1.807, 2.05) is 13.8 Å².